The van der Waals surface area contributed by atoms with Gasteiger partial charge in [-0.2, -0.15) is 0 Å². The molecule has 1 aliphatic carbocycles. The molecule has 9 heteroatoms. The maximum atomic E-state index is 12.8. The predicted octanol–water partition coefficient (Wildman–Crippen LogP) is 1.29. The first kappa shape index (κ1) is 22.9. The number of aryl methyl sites for hydroxylation is 1. The maximum Gasteiger partial charge on any atom is 0.310 e. The van der Waals surface area contributed by atoms with E-state index in [0.717, 1.165) is 11.1 Å². The van der Waals surface area contributed by atoms with E-state index in [-0.39, 0.29) is 24.3 Å². The van der Waals surface area contributed by atoms with Gasteiger partial charge in [-0.1, -0.05) is 48.0 Å². The Labute approximate surface area is 180 Å². The Morgan fingerprint density at radius 1 is 0.968 bits per heavy atom. The van der Waals surface area contributed by atoms with E-state index >= 15 is 0 Å². The Bertz CT molecular complexity index is 1020. The fraction of sp³-hybridized carbons (Fsp3) is 0.364. The second kappa shape index (κ2) is 9.59. The number of hydrogen-bond acceptors (Lipinski definition) is 7. The number of carbonyl (C=O) groups is 2. The van der Waals surface area contributed by atoms with Crippen molar-refractivity contribution in [3.05, 3.63) is 65.7 Å². The van der Waals surface area contributed by atoms with E-state index in [1.807, 2.05) is 10.8 Å². The third-order valence-electron chi connectivity index (χ3n) is 5.35. The molecule has 1 fully saturated rings. The SMILES string of the molecule is Cc1ccc(S(=O)(=O)NC(=O)[C@@H]2C[C@H](O)[C@H](O)C[C@@H]2C(=O)OCc2ccccc2)cc1. The average Bonchev–Trinajstić information content (AvgIpc) is 2.74. The summed E-state index contributed by atoms with van der Waals surface area (Å²) in [5, 5.41) is 20.0. The summed E-state index contributed by atoms with van der Waals surface area (Å²) in [6.45, 7) is 1.78. The minimum absolute atomic E-state index is 0.0230. The van der Waals surface area contributed by atoms with Crippen LogP contribution in [0.5, 0.6) is 0 Å². The van der Waals surface area contributed by atoms with Crippen molar-refractivity contribution in [3.8, 4) is 0 Å². The van der Waals surface area contributed by atoms with E-state index < -0.39 is 45.9 Å². The summed E-state index contributed by atoms with van der Waals surface area (Å²) < 4.78 is 32.4. The molecule has 1 amide bonds. The molecule has 1 aliphatic rings. The van der Waals surface area contributed by atoms with Crippen LogP contribution in [0.2, 0.25) is 0 Å². The fourth-order valence-corrected chi connectivity index (χ4v) is 4.56. The molecule has 0 aliphatic heterocycles. The highest BCUT2D eigenvalue weighted by Crippen LogP contribution is 2.32. The Balaban J connectivity index is 1.74. The molecule has 4 atom stereocenters. The molecule has 2 aromatic carbocycles. The van der Waals surface area contributed by atoms with E-state index in [0.29, 0.717) is 0 Å². The summed E-state index contributed by atoms with van der Waals surface area (Å²) in [6, 6.07) is 14.9. The number of amides is 1. The molecular weight excluding hydrogens is 422 g/mol. The zero-order valence-corrected chi connectivity index (χ0v) is 17.8. The lowest BCUT2D eigenvalue weighted by atomic mass is 9.76. The number of benzene rings is 2. The molecule has 0 aromatic heterocycles. The van der Waals surface area contributed by atoms with Gasteiger partial charge in [-0.3, -0.25) is 9.59 Å². The fourth-order valence-electron chi connectivity index (χ4n) is 3.53. The van der Waals surface area contributed by atoms with Gasteiger partial charge in [0.15, 0.2) is 0 Å². The van der Waals surface area contributed by atoms with Gasteiger partial charge in [-0.05, 0) is 37.5 Å². The summed E-state index contributed by atoms with van der Waals surface area (Å²) in [7, 11) is -4.16. The number of esters is 1. The third-order valence-corrected chi connectivity index (χ3v) is 6.71. The summed E-state index contributed by atoms with van der Waals surface area (Å²) in [4.78, 5) is 25.4. The first-order chi connectivity index (χ1) is 14.7. The minimum atomic E-state index is -4.16. The minimum Gasteiger partial charge on any atom is -0.461 e. The molecule has 0 radical (unpaired) electrons. The molecule has 166 valence electrons. The largest absolute Gasteiger partial charge is 0.461 e. The molecule has 0 spiro atoms. The molecular formula is C22H25NO7S. The summed E-state index contributed by atoms with van der Waals surface area (Å²) in [5.41, 5.74) is 1.60. The number of hydrogen-bond donors (Lipinski definition) is 3. The molecule has 2 aromatic rings. The van der Waals surface area contributed by atoms with E-state index in [4.69, 9.17) is 4.74 Å². The van der Waals surface area contributed by atoms with Gasteiger partial charge in [-0.25, -0.2) is 13.1 Å². The quantitative estimate of drug-likeness (QED) is 0.569. The van der Waals surface area contributed by atoms with Crippen molar-refractivity contribution >= 4 is 21.9 Å². The van der Waals surface area contributed by atoms with Crippen molar-refractivity contribution in [1.29, 1.82) is 0 Å². The molecule has 3 N–H and O–H groups in total. The molecule has 0 saturated heterocycles. The van der Waals surface area contributed by atoms with Crippen LogP contribution in [0.15, 0.2) is 59.5 Å². The number of rotatable bonds is 6. The average molecular weight is 448 g/mol. The van der Waals surface area contributed by atoms with Gasteiger partial charge in [0.05, 0.1) is 28.9 Å². The number of carbonyl (C=O) groups excluding carboxylic acids is 2. The molecule has 0 bridgehead atoms. The molecule has 31 heavy (non-hydrogen) atoms. The first-order valence-corrected chi connectivity index (χ1v) is 11.4. The van der Waals surface area contributed by atoms with Crippen LogP contribution in [-0.4, -0.2) is 42.7 Å². The standard InChI is InChI=1S/C22H25NO7S/c1-14-7-9-16(10-8-14)31(28,29)23-21(26)17-11-19(24)20(25)12-18(17)22(27)30-13-15-5-3-2-4-6-15/h2-10,17-20,24-25H,11-13H2,1H3,(H,23,26)/t17-,18+,19+,20-/m1/s1. The van der Waals surface area contributed by atoms with Crippen LogP contribution in [-0.2, 0) is 31.0 Å². The Morgan fingerprint density at radius 2 is 1.55 bits per heavy atom. The first-order valence-electron chi connectivity index (χ1n) is 9.87. The van der Waals surface area contributed by atoms with E-state index in [9.17, 15) is 28.2 Å². The van der Waals surface area contributed by atoms with Crippen LogP contribution in [0.1, 0.15) is 24.0 Å². The van der Waals surface area contributed by atoms with Crippen LogP contribution < -0.4 is 4.72 Å². The molecule has 0 unspecified atom stereocenters. The number of ether oxygens (including phenoxy) is 1. The summed E-state index contributed by atoms with van der Waals surface area (Å²) >= 11 is 0. The van der Waals surface area contributed by atoms with Gasteiger partial charge in [0, 0.05) is 0 Å². The second-order valence-corrected chi connectivity index (χ2v) is 9.38. The van der Waals surface area contributed by atoms with E-state index in [1.165, 1.54) is 12.1 Å². The monoisotopic (exact) mass is 447 g/mol. The number of aliphatic hydroxyl groups is 2. The smallest absolute Gasteiger partial charge is 0.310 e. The highest BCUT2D eigenvalue weighted by Gasteiger charge is 2.44. The molecule has 1 saturated carbocycles. The summed E-state index contributed by atoms with van der Waals surface area (Å²) in [6.07, 6.45) is -2.94. The highest BCUT2D eigenvalue weighted by atomic mass is 32.2. The normalized spacial score (nSPS) is 23.7. The Kier molecular flexibility index (Phi) is 7.09. The van der Waals surface area contributed by atoms with Crippen LogP contribution in [0.3, 0.4) is 0 Å². The van der Waals surface area contributed by atoms with Crippen LogP contribution in [0, 0.1) is 18.8 Å². The van der Waals surface area contributed by atoms with E-state index in [1.54, 1.807) is 43.3 Å². The maximum absolute atomic E-state index is 12.8. The van der Waals surface area contributed by atoms with Gasteiger partial charge in [0.1, 0.15) is 6.61 Å². The topological polar surface area (TPSA) is 130 Å². The van der Waals surface area contributed by atoms with Crippen molar-refractivity contribution in [2.75, 3.05) is 0 Å². The Morgan fingerprint density at radius 3 is 2.16 bits per heavy atom. The van der Waals surface area contributed by atoms with Crippen molar-refractivity contribution in [2.24, 2.45) is 11.8 Å². The van der Waals surface area contributed by atoms with Crippen molar-refractivity contribution in [2.45, 2.75) is 43.5 Å². The lowest BCUT2D eigenvalue weighted by Gasteiger charge is -2.34. The van der Waals surface area contributed by atoms with Crippen LogP contribution >= 0.6 is 0 Å². The lowest BCUT2D eigenvalue weighted by Crippen LogP contribution is -2.49. The number of sulfonamides is 1. The second-order valence-electron chi connectivity index (χ2n) is 7.70. The number of aliphatic hydroxyl groups excluding tert-OH is 2. The predicted molar refractivity (Wildman–Crippen MR) is 111 cm³/mol. The van der Waals surface area contributed by atoms with Gasteiger partial charge < -0.3 is 14.9 Å². The lowest BCUT2D eigenvalue weighted by molar-refractivity contribution is -0.161. The Hall–Kier alpha value is -2.75. The number of nitrogens with one attached hydrogen (secondary N) is 1. The van der Waals surface area contributed by atoms with Crippen LogP contribution in [0.25, 0.3) is 0 Å². The molecule has 3 rings (SSSR count). The third kappa shape index (κ3) is 5.69. The van der Waals surface area contributed by atoms with Gasteiger partial charge in [0.2, 0.25) is 5.91 Å². The zero-order valence-electron chi connectivity index (χ0n) is 17.0. The molecule has 8 nitrogen and oxygen atoms in total. The van der Waals surface area contributed by atoms with E-state index in [2.05, 4.69) is 0 Å². The highest BCUT2D eigenvalue weighted by molar-refractivity contribution is 7.90. The van der Waals surface area contributed by atoms with Crippen LogP contribution in [0.4, 0.5) is 0 Å². The van der Waals surface area contributed by atoms with Gasteiger partial charge in [0.25, 0.3) is 10.0 Å². The molecule has 0 heterocycles. The zero-order chi connectivity index (χ0) is 22.6. The van der Waals surface area contributed by atoms with Crippen molar-refractivity contribution < 1.29 is 33.0 Å². The van der Waals surface area contributed by atoms with Crippen molar-refractivity contribution in [1.82, 2.24) is 4.72 Å². The van der Waals surface area contributed by atoms with Gasteiger partial charge in [-0.15, -0.1) is 0 Å². The summed E-state index contributed by atoms with van der Waals surface area (Å²) in [5.74, 6) is -3.91. The van der Waals surface area contributed by atoms with Gasteiger partial charge >= 0.3 is 5.97 Å². The van der Waals surface area contributed by atoms with Crippen molar-refractivity contribution in [3.63, 3.8) is 0 Å².